The van der Waals surface area contributed by atoms with Crippen LogP contribution in [0, 0.1) is 0 Å². The third-order valence-electron chi connectivity index (χ3n) is 2.60. The summed E-state index contributed by atoms with van der Waals surface area (Å²) in [6.45, 7) is 4.05. The minimum absolute atomic E-state index is 0.306. The number of hydrogen-bond donors (Lipinski definition) is 1. The van der Waals surface area contributed by atoms with Gasteiger partial charge in [-0.15, -0.1) is 0 Å². The zero-order valence-corrected chi connectivity index (χ0v) is 13.3. The summed E-state index contributed by atoms with van der Waals surface area (Å²) in [6.07, 6.45) is -0.0134. The number of carbonyl (C=O) groups is 2. The molecule has 0 saturated carbocycles. The van der Waals surface area contributed by atoms with E-state index in [2.05, 4.69) is 21.2 Å². The smallest absolute Gasteiger partial charge is 0.340 e. The van der Waals surface area contributed by atoms with Gasteiger partial charge in [-0.3, -0.25) is 4.79 Å². The van der Waals surface area contributed by atoms with Crippen LogP contribution in [0.3, 0.4) is 0 Å². The molecule has 5 nitrogen and oxygen atoms in total. The Morgan fingerprint density at radius 3 is 2.70 bits per heavy atom. The Balaban J connectivity index is 2.73. The molecular weight excluding hydrogens is 326 g/mol. The predicted octanol–water partition coefficient (Wildman–Crippen LogP) is 2.53. The molecule has 110 valence electrons. The highest BCUT2D eigenvalue weighted by Crippen LogP contribution is 2.23. The number of amides is 1. The molecule has 20 heavy (non-hydrogen) atoms. The van der Waals surface area contributed by atoms with E-state index in [0.29, 0.717) is 22.3 Å². The summed E-state index contributed by atoms with van der Waals surface area (Å²) in [5.74, 6) is -0.336. The van der Waals surface area contributed by atoms with Crippen molar-refractivity contribution >= 4 is 27.8 Å². The monoisotopic (exact) mass is 343 g/mol. The first-order chi connectivity index (χ1) is 9.49. The molecular formula is C14H18BrNO4. The fourth-order valence-corrected chi connectivity index (χ4v) is 1.87. The van der Waals surface area contributed by atoms with Crippen molar-refractivity contribution in [1.82, 2.24) is 5.32 Å². The maximum Gasteiger partial charge on any atom is 0.340 e. The number of hydrogen-bond acceptors (Lipinski definition) is 4. The zero-order chi connectivity index (χ0) is 15.1. The third kappa shape index (κ3) is 4.52. The standard InChI is InChI=1S/C14H18BrNO4/c1-4-7-16-13(17)9(2)20-14(18)11-8-10(19-3)5-6-12(11)15/h5-6,8-9H,4,7H2,1-3H3,(H,16,17)/t9-/m1/s1. The number of methoxy groups -OCH3 is 1. The van der Waals surface area contributed by atoms with Crippen LogP contribution in [-0.2, 0) is 9.53 Å². The molecule has 0 unspecified atom stereocenters. The normalized spacial score (nSPS) is 11.6. The molecule has 0 spiro atoms. The lowest BCUT2D eigenvalue weighted by molar-refractivity contribution is -0.129. The van der Waals surface area contributed by atoms with E-state index in [9.17, 15) is 9.59 Å². The van der Waals surface area contributed by atoms with Gasteiger partial charge in [0.25, 0.3) is 5.91 Å². The van der Waals surface area contributed by atoms with Crippen molar-refractivity contribution in [2.45, 2.75) is 26.4 Å². The van der Waals surface area contributed by atoms with Crippen LogP contribution in [0.25, 0.3) is 0 Å². The molecule has 0 aliphatic rings. The van der Waals surface area contributed by atoms with Crippen molar-refractivity contribution in [3.8, 4) is 5.75 Å². The van der Waals surface area contributed by atoms with Gasteiger partial charge in [0.1, 0.15) is 5.75 Å². The Kier molecular flexibility index (Phi) is 6.51. The van der Waals surface area contributed by atoms with E-state index in [4.69, 9.17) is 9.47 Å². The second-order valence-corrected chi connectivity index (χ2v) is 5.04. The third-order valence-corrected chi connectivity index (χ3v) is 3.29. The maximum atomic E-state index is 12.0. The molecule has 1 atom stereocenters. The molecule has 0 aliphatic carbocycles. The number of benzene rings is 1. The number of nitrogens with one attached hydrogen (secondary N) is 1. The van der Waals surface area contributed by atoms with E-state index >= 15 is 0 Å². The molecule has 0 fully saturated rings. The van der Waals surface area contributed by atoms with Crippen LogP contribution in [0.5, 0.6) is 5.75 Å². The molecule has 0 saturated heterocycles. The molecule has 0 aliphatic heterocycles. The predicted molar refractivity (Wildman–Crippen MR) is 78.9 cm³/mol. The molecule has 1 N–H and O–H groups in total. The number of esters is 1. The van der Waals surface area contributed by atoms with Gasteiger partial charge < -0.3 is 14.8 Å². The van der Waals surface area contributed by atoms with Gasteiger partial charge in [0, 0.05) is 11.0 Å². The first kappa shape index (κ1) is 16.5. The van der Waals surface area contributed by atoms with Crippen molar-refractivity contribution in [2.24, 2.45) is 0 Å². The van der Waals surface area contributed by atoms with Crippen molar-refractivity contribution in [1.29, 1.82) is 0 Å². The Morgan fingerprint density at radius 1 is 1.40 bits per heavy atom. The van der Waals surface area contributed by atoms with Crippen LogP contribution < -0.4 is 10.1 Å². The summed E-state index contributed by atoms with van der Waals surface area (Å²) >= 11 is 3.27. The molecule has 0 bridgehead atoms. The highest BCUT2D eigenvalue weighted by atomic mass is 79.9. The van der Waals surface area contributed by atoms with Gasteiger partial charge in [-0.05, 0) is 47.5 Å². The summed E-state index contributed by atoms with van der Waals surface area (Å²) in [5, 5.41) is 2.67. The number of carbonyl (C=O) groups excluding carboxylic acids is 2. The second-order valence-electron chi connectivity index (χ2n) is 4.18. The first-order valence-electron chi connectivity index (χ1n) is 6.31. The van der Waals surface area contributed by atoms with Crippen LogP contribution in [0.1, 0.15) is 30.6 Å². The molecule has 0 aromatic heterocycles. The number of ether oxygens (including phenoxy) is 2. The minimum Gasteiger partial charge on any atom is -0.497 e. The summed E-state index contributed by atoms with van der Waals surface area (Å²) < 4.78 is 10.8. The quantitative estimate of drug-likeness (QED) is 0.806. The second kappa shape index (κ2) is 7.89. The minimum atomic E-state index is -0.841. The molecule has 1 aromatic rings. The van der Waals surface area contributed by atoms with Gasteiger partial charge in [-0.25, -0.2) is 4.79 Å². The fourth-order valence-electron chi connectivity index (χ4n) is 1.46. The van der Waals surface area contributed by atoms with Crippen LogP contribution in [0.15, 0.2) is 22.7 Å². The average molecular weight is 344 g/mol. The van der Waals surface area contributed by atoms with Gasteiger partial charge in [-0.1, -0.05) is 6.92 Å². The van der Waals surface area contributed by atoms with Gasteiger partial charge >= 0.3 is 5.97 Å². The Morgan fingerprint density at radius 2 is 2.10 bits per heavy atom. The summed E-state index contributed by atoms with van der Waals surface area (Å²) in [4.78, 5) is 23.7. The lowest BCUT2D eigenvalue weighted by Crippen LogP contribution is -2.36. The van der Waals surface area contributed by atoms with Crippen molar-refractivity contribution in [3.05, 3.63) is 28.2 Å². The van der Waals surface area contributed by atoms with Crippen molar-refractivity contribution < 1.29 is 19.1 Å². The van der Waals surface area contributed by atoms with E-state index in [1.807, 2.05) is 6.92 Å². The van der Waals surface area contributed by atoms with E-state index in [-0.39, 0.29) is 5.91 Å². The molecule has 1 amide bonds. The van der Waals surface area contributed by atoms with Gasteiger partial charge in [0.15, 0.2) is 6.10 Å². The van der Waals surface area contributed by atoms with Crippen molar-refractivity contribution in [3.63, 3.8) is 0 Å². The Bertz CT molecular complexity index is 490. The lowest BCUT2D eigenvalue weighted by Gasteiger charge is -2.14. The van der Waals surface area contributed by atoms with Crippen molar-refractivity contribution in [2.75, 3.05) is 13.7 Å². The van der Waals surface area contributed by atoms with E-state index in [1.54, 1.807) is 18.2 Å². The molecule has 1 aromatic carbocycles. The molecule has 1 rings (SSSR count). The average Bonchev–Trinajstić information content (AvgIpc) is 2.44. The van der Waals surface area contributed by atoms with Gasteiger partial charge in [0.2, 0.25) is 0 Å². The Hall–Kier alpha value is -1.56. The van der Waals surface area contributed by atoms with Crippen LogP contribution in [0.2, 0.25) is 0 Å². The fraction of sp³-hybridized carbons (Fsp3) is 0.429. The first-order valence-corrected chi connectivity index (χ1v) is 7.11. The lowest BCUT2D eigenvalue weighted by atomic mass is 10.2. The highest BCUT2D eigenvalue weighted by Gasteiger charge is 2.20. The Labute approximate surface area is 126 Å². The highest BCUT2D eigenvalue weighted by molar-refractivity contribution is 9.10. The largest absolute Gasteiger partial charge is 0.497 e. The van der Waals surface area contributed by atoms with Gasteiger partial charge in [0.05, 0.1) is 12.7 Å². The van der Waals surface area contributed by atoms with Crippen LogP contribution in [0.4, 0.5) is 0 Å². The maximum absolute atomic E-state index is 12.0. The summed E-state index contributed by atoms with van der Waals surface area (Å²) in [7, 11) is 1.51. The zero-order valence-electron chi connectivity index (χ0n) is 11.7. The van der Waals surface area contributed by atoms with Crippen LogP contribution in [-0.4, -0.2) is 31.6 Å². The molecule has 6 heteroatoms. The number of rotatable bonds is 6. The summed E-state index contributed by atoms with van der Waals surface area (Å²) in [6, 6.07) is 4.97. The summed E-state index contributed by atoms with van der Waals surface area (Å²) in [5.41, 5.74) is 0.319. The number of halogens is 1. The van der Waals surface area contributed by atoms with Gasteiger partial charge in [-0.2, -0.15) is 0 Å². The SMILES string of the molecule is CCCNC(=O)[C@@H](C)OC(=O)c1cc(OC)ccc1Br. The van der Waals surface area contributed by atoms with E-state index < -0.39 is 12.1 Å². The topological polar surface area (TPSA) is 64.6 Å². The van der Waals surface area contributed by atoms with E-state index in [1.165, 1.54) is 14.0 Å². The van der Waals surface area contributed by atoms with E-state index in [0.717, 1.165) is 6.42 Å². The molecule has 0 radical (unpaired) electrons. The molecule has 0 heterocycles. The van der Waals surface area contributed by atoms with Crippen LogP contribution >= 0.6 is 15.9 Å².